The molecule has 0 atom stereocenters. The van der Waals surface area contributed by atoms with Gasteiger partial charge in [0.1, 0.15) is 13.2 Å². The largest absolute Gasteiger partial charge is 0.461 e. The summed E-state index contributed by atoms with van der Waals surface area (Å²) in [6.07, 6.45) is 0. The smallest absolute Gasteiger partial charge is 0.338 e. The Balaban J connectivity index is 1.13. The zero-order chi connectivity index (χ0) is 20.6. The van der Waals surface area contributed by atoms with Crippen molar-refractivity contribution in [2.24, 2.45) is 10.8 Å². The zero-order valence-corrected chi connectivity index (χ0v) is 17.7. The van der Waals surface area contributed by atoms with Crippen molar-refractivity contribution in [3.8, 4) is 0 Å². The molecule has 0 spiro atoms. The Labute approximate surface area is 175 Å². The second kappa shape index (κ2) is 8.37. The molecule has 1 aromatic carbocycles. The number of ether oxygens (including phenoxy) is 2. The first-order chi connectivity index (χ1) is 14.5. The molecule has 4 bridgehead atoms. The molecule has 6 fully saturated rings. The first kappa shape index (κ1) is 20.7. The van der Waals surface area contributed by atoms with Crippen LogP contribution in [0.2, 0.25) is 0 Å². The lowest BCUT2D eigenvalue weighted by Crippen LogP contribution is -2.47. The normalized spacial score (nSPS) is 34.5. The third-order valence-electron chi connectivity index (χ3n) is 5.23. The van der Waals surface area contributed by atoms with Crippen molar-refractivity contribution in [3.63, 3.8) is 0 Å². The highest BCUT2D eigenvalue weighted by atomic mass is 31.2. The maximum Gasteiger partial charge on any atom is 0.338 e. The van der Waals surface area contributed by atoms with Gasteiger partial charge in [-0.2, -0.15) is 0 Å². The molecule has 0 unspecified atom stereocenters. The maximum absolute atomic E-state index is 12.4. The van der Waals surface area contributed by atoms with E-state index < -0.39 is 40.0 Å². The molecule has 0 saturated carbocycles. The maximum atomic E-state index is 12.4. The van der Waals surface area contributed by atoms with Crippen molar-refractivity contribution < 1.29 is 46.2 Å². The van der Waals surface area contributed by atoms with Gasteiger partial charge in [0.05, 0.1) is 61.6 Å². The summed E-state index contributed by atoms with van der Waals surface area (Å²) in [4.78, 5) is 24.7. The number of rotatable bonds is 6. The summed E-state index contributed by atoms with van der Waals surface area (Å²) in [6, 6.07) is 6.12. The van der Waals surface area contributed by atoms with Gasteiger partial charge in [0.2, 0.25) is 0 Å². The number of carbonyl (C=O) groups is 2. The molecule has 6 aliphatic rings. The highest BCUT2D eigenvalue weighted by Crippen LogP contribution is 2.54. The molecule has 0 aromatic heterocycles. The van der Waals surface area contributed by atoms with E-state index in [-0.39, 0.29) is 13.2 Å². The molecule has 6 heterocycles. The molecular weight excluding hydrogens is 438 g/mol. The quantitative estimate of drug-likeness (QED) is 0.466. The Morgan fingerprint density at radius 1 is 0.667 bits per heavy atom. The standard InChI is InChI=1S/C18H20O10P2/c19-15(21-5-17-7-23-29(24-8-17)25-9-17)13-1-2-14(4-3-13)16(20)22-6-18-10-26-30(27-11-18)28-12-18/h1-4H,5-12H2. The zero-order valence-electron chi connectivity index (χ0n) is 15.9. The van der Waals surface area contributed by atoms with Crippen LogP contribution in [0.5, 0.6) is 0 Å². The monoisotopic (exact) mass is 458 g/mol. The highest BCUT2D eigenvalue weighted by molar-refractivity contribution is 7.42. The van der Waals surface area contributed by atoms with E-state index in [9.17, 15) is 9.59 Å². The minimum absolute atomic E-state index is 0.134. The van der Waals surface area contributed by atoms with Gasteiger partial charge in [0.15, 0.2) is 0 Å². The second-order valence-electron chi connectivity index (χ2n) is 7.82. The van der Waals surface area contributed by atoms with Crippen LogP contribution in [-0.2, 0) is 36.6 Å². The Kier molecular flexibility index (Phi) is 5.77. The fraction of sp³-hybridized carbons (Fsp3) is 0.556. The lowest BCUT2D eigenvalue weighted by atomic mass is 9.92. The average molecular weight is 458 g/mol. The van der Waals surface area contributed by atoms with Crippen LogP contribution in [-0.4, -0.2) is 64.8 Å². The topological polar surface area (TPSA) is 108 Å². The number of fused-ring (bicyclic) bond motifs is 6. The number of benzene rings is 1. The van der Waals surface area contributed by atoms with Crippen molar-refractivity contribution in [1.82, 2.24) is 0 Å². The first-order valence-electron chi connectivity index (χ1n) is 9.37. The summed E-state index contributed by atoms with van der Waals surface area (Å²) in [7, 11) is -2.46. The van der Waals surface area contributed by atoms with Crippen molar-refractivity contribution in [2.75, 3.05) is 52.9 Å². The highest BCUT2D eigenvalue weighted by Gasteiger charge is 2.47. The molecule has 0 amide bonds. The van der Waals surface area contributed by atoms with Crippen LogP contribution in [0.3, 0.4) is 0 Å². The lowest BCUT2D eigenvalue weighted by molar-refractivity contribution is -0.100. The fourth-order valence-electron chi connectivity index (χ4n) is 3.21. The summed E-state index contributed by atoms with van der Waals surface area (Å²) < 4.78 is 43.2. The molecule has 6 aliphatic heterocycles. The van der Waals surface area contributed by atoms with E-state index in [0.717, 1.165) is 0 Å². The summed E-state index contributed by atoms with van der Waals surface area (Å²) in [6.45, 7) is 2.94. The number of hydrogen-bond donors (Lipinski definition) is 0. The van der Waals surface area contributed by atoms with Gasteiger partial charge in [-0.3, -0.25) is 0 Å². The van der Waals surface area contributed by atoms with Gasteiger partial charge < -0.3 is 36.6 Å². The van der Waals surface area contributed by atoms with E-state index in [0.29, 0.717) is 50.8 Å². The Morgan fingerprint density at radius 3 is 1.27 bits per heavy atom. The third kappa shape index (κ3) is 4.24. The molecule has 10 nitrogen and oxygen atoms in total. The van der Waals surface area contributed by atoms with Crippen molar-refractivity contribution >= 4 is 29.1 Å². The Morgan fingerprint density at radius 2 is 0.967 bits per heavy atom. The van der Waals surface area contributed by atoms with E-state index in [4.69, 9.17) is 36.6 Å². The van der Waals surface area contributed by atoms with E-state index in [2.05, 4.69) is 0 Å². The van der Waals surface area contributed by atoms with Gasteiger partial charge in [-0.25, -0.2) is 9.59 Å². The molecular formula is C18H20O10P2. The predicted molar refractivity (Wildman–Crippen MR) is 101 cm³/mol. The van der Waals surface area contributed by atoms with E-state index in [1.807, 2.05) is 0 Å². The molecule has 30 heavy (non-hydrogen) atoms. The Hall–Kier alpha value is -1.22. The molecule has 162 valence electrons. The minimum Gasteiger partial charge on any atom is -0.461 e. The number of carbonyl (C=O) groups excluding carboxylic acids is 2. The van der Waals surface area contributed by atoms with Crippen molar-refractivity contribution in [2.45, 2.75) is 0 Å². The predicted octanol–water partition coefficient (Wildman–Crippen LogP) is 2.58. The van der Waals surface area contributed by atoms with Gasteiger partial charge in [-0.15, -0.1) is 0 Å². The van der Waals surface area contributed by atoms with Crippen LogP contribution in [0.15, 0.2) is 24.3 Å². The van der Waals surface area contributed by atoms with Gasteiger partial charge in [-0.1, -0.05) is 0 Å². The van der Waals surface area contributed by atoms with Crippen LogP contribution < -0.4 is 0 Å². The molecule has 1 aromatic rings. The molecule has 0 radical (unpaired) electrons. The van der Waals surface area contributed by atoms with E-state index >= 15 is 0 Å². The van der Waals surface area contributed by atoms with Crippen molar-refractivity contribution in [3.05, 3.63) is 35.4 Å². The van der Waals surface area contributed by atoms with E-state index in [1.54, 1.807) is 0 Å². The van der Waals surface area contributed by atoms with Crippen LogP contribution >= 0.6 is 17.2 Å². The minimum atomic E-state index is -1.23. The van der Waals surface area contributed by atoms with Crippen LogP contribution in [0.4, 0.5) is 0 Å². The van der Waals surface area contributed by atoms with Gasteiger partial charge >= 0.3 is 29.1 Å². The summed E-state index contributed by atoms with van der Waals surface area (Å²) in [5.41, 5.74) is -0.263. The molecule has 12 heteroatoms. The van der Waals surface area contributed by atoms with Crippen molar-refractivity contribution in [1.29, 1.82) is 0 Å². The number of hydrogen-bond acceptors (Lipinski definition) is 10. The van der Waals surface area contributed by atoms with E-state index in [1.165, 1.54) is 24.3 Å². The van der Waals surface area contributed by atoms with Crippen LogP contribution in [0.25, 0.3) is 0 Å². The average Bonchev–Trinajstić information content (AvgIpc) is 2.83. The van der Waals surface area contributed by atoms with Gasteiger partial charge in [0.25, 0.3) is 0 Å². The Bertz CT molecular complexity index is 705. The first-order valence-corrected chi connectivity index (χ1v) is 11.6. The summed E-state index contributed by atoms with van der Waals surface area (Å²) in [5.74, 6) is -0.983. The third-order valence-corrected chi connectivity index (χ3v) is 7.27. The lowest BCUT2D eigenvalue weighted by Gasteiger charge is -2.43. The molecule has 7 rings (SSSR count). The van der Waals surface area contributed by atoms with Gasteiger partial charge in [0, 0.05) is 0 Å². The SMILES string of the molecule is O=C(OCC12COP(OC1)OC2)c1ccc(C(=O)OCC23COP(OC2)OC3)cc1. The second-order valence-corrected chi connectivity index (χ2v) is 10.3. The van der Waals surface area contributed by atoms with Gasteiger partial charge in [-0.05, 0) is 24.3 Å². The molecule has 6 saturated heterocycles. The summed E-state index contributed by atoms with van der Waals surface area (Å²) in [5, 5.41) is 0. The summed E-state index contributed by atoms with van der Waals surface area (Å²) >= 11 is 0. The van der Waals surface area contributed by atoms with Crippen LogP contribution in [0.1, 0.15) is 20.7 Å². The fourth-order valence-corrected chi connectivity index (χ4v) is 5.93. The molecule has 0 aliphatic carbocycles. The molecule has 0 N–H and O–H groups in total. The number of esters is 2. The van der Waals surface area contributed by atoms with Crippen LogP contribution in [0, 0.1) is 10.8 Å².